The van der Waals surface area contributed by atoms with Gasteiger partial charge in [0, 0.05) is 18.0 Å². The van der Waals surface area contributed by atoms with Crippen LogP contribution >= 0.6 is 11.3 Å². The van der Waals surface area contributed by atoms with Crippen LogP contribution < -0.4 is 5.32 Å². The molecule has 16 heavy (non-hydrogen) atoms. The highest BCUT2D eigenvalue weighted by atomic mass is 32.1. The van der Waals surface area contributed by atoms with E-state index in [9.17, 15) is 0 Å². The van der Waals surface area contributed by atoms with E-state index in [1.165, 1.54) is 10.6 Å². The Bertz CT molecular complexity index is 340. The monoisotopic (exact) mass is 240 g/mol. The summed E-state index contributed by atoms with van der Waals surface area (Å²) in [7, 11) is 0. The largest absolute Gasteiger partial charge is 0.311 e. The minimum atomic E-state index is 0.355. The third-order valence-electron chi connectivity index (χ3n) is 3.43. The van der Waals surface area contributed by atoms with Gasteiger partial charge < -0.3 is 5.32 Å². The molecule has 1 aromatic rings. The highest BCUT2D eigenvalue weighted by molar-refractivity contribution is 7.11. The summed E-state index contributed by atoms with van der Waals surface area (Å²) in [5.74, 6) is 0.698. The molecule has 0 saturated heterocycles. The second kappa shape index (κ2) is 5.28. The van der Waals surface area contributed by atoms with Crippen molar-refractivity contribution in [1.82, 2.24) is 10.3 Å². The lowest BCUT2D eigenvalue weighted by Gasteiger charge is -2.29. The molecule has 0 amide bonds. The molecule has 2 nitrogen and oxygen atoms in total. The molecular weight excluding hydrogens is 216 g/mol. The summed E-state index contributed by atoms with van der Waals surface area (Å²) < 4.78 is 0. The van der Waals surface area contributed by atoms with Crippen molar-refractivity contribution in [3.63, 3.8) is 0 Å². The first-order valence-electron chi connectivity index (χ1n) is 5.96. The van der Waals surface area contributed by atoms with Gasteiger partial charge in [-0.1, -0.05) is 27.7 Å². The Labute approximate surface area is 103 Å². The van der Waals surface area contributed by atoms with Gasteiger partial charge in [0.15, 0.2) is 0 Å². The van der Waals surface area contributed by atoms with Crippen LogP contribution in [0.25, 0.3) is 0 Å². The average molecular weight is 240 g/mol. The lowest BCUT2D eigenvalue weighted by molar-refractivity contribution is 0.238. The van der Waals surface area contributed by atoms with Crippen LogP contribution in [-0.4, -0.2) is 11.5 Å². The predicted octanol–water partition coefficient (Wildman–Crippen LogP) is 3.53. The number of hydrogen-bond acceptors (Lipinski definition) is 3. The van der Waals surface area contributed by atoms with Crippen LogP contribution in [0.2, 0.25) is 0 Å². The van der Waals surface area contributed by atoms with Crippen molar-refractivity contribution in [1.29, 1.82) is 0 Å². The lowest BCUT2D eigenvalue weighted by Crippen LogP contribution is -2.33. The quantitative estimate of drug-likeness (QED) is 0.851. The normalized spacial score (nSPS) is 12.4. The zero-order valence-electron chi connectivity index (χ0n) is 11.3. The van der Waals surface area contributed by atoms with Gasteiger partial charge >= 0.3 is 0 Å². The van der Waals surface area contributed by atoms with Crippen LogP contribution in [0.1, 0.15) is 43.3 Å². The van der Waals surface area contributed by atoms with E-state index in [2.05, 4.69) is 51.8 Å². The molecule has 1 aromatic heterocycles. The number of nitrogens with one attached hydrogen (secondary N) is 1. The van der Waals surface area contributed by atoms with Crippen LogP contribution in [0.5, 0.6) is 0 Å². The highest BCUT2D eigenvalue weighted by Gasteiger charge is 2.21. The fraction of sp³-hybridized carbons (Fsp3) is 0.769. The van der Waals surface area contributed by atoms with Crippen molar-refractivity contribution in [2.24, 2.45) is 11.3 Å². The fourth-order valence-electron chi connectivity index (χ4n) is 1.44. The summed E-state index contributed by atoms with van der Waals surface area (Å²) in [6.07, 6.45) is 0. The Hall–Kier alpha value is -0.410. The second-order valence-electron chi connectivity index (χ2n) is 5.49. The molecule has 0 aromatic carbocycles. The summed E-state index contributed by atoms with van der Waals surface area (Å²) in [6, 6.07) is 0. The van der Waals surface area contributed by atoms with Gasteiger partial charge in [0.1, 0.15) is 0 Å². The van der Waals surface area contributed by atoms with E-state index in [0.717, 1.165) is 18.1 Å². The SMILES string of the molecule is Cc1nc(C)c(CNCC(C)(C)C(C)C)s1. The third kappa shape index (κ3) is 3.56. The van der Waals surface area contributed by atoms with E-state index in [0.29, 0.717) is 11.3 Å². The zero-order chi connectivity index (χ0) is 12.3. The standard InChI is InChI=1S/C13H24N2S/c1-9(2)13(5,6)8-14-7-12-10(3)15-11(4)16-12/h9,14H,7-8H2,1-6H3. The topological polar surface area (TPSA) is 24.9 Å². The van der Waals surface area contributed by atoms with Crippen molar-refractivity contribution in [3.8, 4) is 0 Å². The fourth-order valence-corrected chi connectivity index (χ4v) is 2.35. The van der Waals surface area contributed by atoms with Crippen molar-refractivity contribution in [2.75, 3.05) is 6.54 Å². The Morgan fingerprint density at radius 1 is 1.31 bits per heavy atom. The molecule has 0 saturated carbocycles. The third-order valence-corrected chi connectivity index (χ3v) is 4.50. The molecule has 92 valence electrons. The maximum absolute atomic E-state index is 4.44. The Balaban J connectivity index is 2.44. The van der Waals surface area contributed by atoms with Crippen molar-refractivity contribution in [2.45, 2.75) is 48.1 Å². The molecule has 0 spiro atoms. The molecule has 0 aliphatic rings. The smallest absolute Gasteiger partial charge is 0.0900 e. The molecule has 1 N–H and O–H groups in total. The number of aryl methyl sites for hydroxylation is 2. The molecule has 1 heterocycles. The molecule has 3 heteroatoms. The number of thiazole rings is 1. The van der Waals surface area contributed by atoms with Gasteiger partial charge in [-0.2, -0.15) is 0 Å². The Morgan fingerprint density at radius 2 is 1.94 bits per heavy atom. The molecule has 1 rings (SSSR count). The van der Waals surface area contributed by atoms with E-state index in [1.54, 1.807) is 11.3 Å². The number of hydrogen-bond donors (Lipinski definition) is 1. The molecule has 0 atom stereocenters. The average Bonchev–Trinajstić information content (AvgIpc) is 2.44. The summed E-state index contributed by atoms with van der Waals surface area (Å²) in [4.78, 5) is 5.81. The van der Waals surface area contributed by atoms with Gasteiger partial charge in [-0.05, 0) is 25.2 Å². The maximum Gasteiger partial charge on any atom is 0.0900 e. The first-order valence-corrected chi connectivity index (χ1v) is 6.78. The lowest BCUT2D eigenvalue weighted by atomic mass is 9.81. The number of rotatable bonds is 5. The van der Waals surface area contributed by atoms with E-state index in [1.807, 2.05) is 0 Å². The van der Waals surface area contributed by atoms with Crippen LogP contribution in [0.3, 0.4) is 0 Å². The van der Waals surface area contributed by atoms with E-state index >= 15 is 0 Å². The van der Waals surface area contributed by atoms with Crippen LogP contribution in [0.4, 0.5) is 0 Å². The number of nitrogens with zero attached hydrogens (tertiary/aromatic N) is 1. The Kier molecular flexibility index (Phi) is 4.51. The summed E-state index contributed by atoms with van der Waals surface area (Å²) >= 11 is 1.80. The molecule has 0 bridgehead atoms. The number of aromatic nitrogens is 1. The molecule has 0 aliphatic heterocycles. The first-order chi connectivity index (χ1) is 7.33. The minimum absolute atomic E-state index is 0.355. The summed E-state index contributed by atoms with van der Waals surface area (Å²) in [6.45, 7) is 15.4. The van der Waals surface area contributed by atoms with E-state index < -0.39 is 0 Å². The van der Waals surface area contributed by atoms with Gasteiger partial charge in [-0.3, -0.25) is 0 Å². The predicted molar refractivity (Wildman–Crippen MR) is 71.9 cm³/mol. The van der Waals surface area contributed by atoms with Gasteiger partial charge in [0.2, 0.25) is 0 Å². The Morgan fingerprint density at radius 3 is 2.38 bits per heavy atom. The molecular formula is C13H24N2S. The van der Waals surface area contributed by atoms with E-state index in [-0.39, 0.29) is 0 Å². The van der Waals surface area contributed by atoms with Gasteiger partial charge in [-0.15, -0.1) is 11.3 Å². The van der Waals surface area contributed by atoms with Crippen LogP contribution in [0.15, 0.2) is 0 Å². The molecule has 0 aliphatic carbocycles. The highest BCUT2D eigenvalue weighted by Crippen LogP contribution is 2.25. The van der Waals surface area contributed by atoms with Gasteiger partial charge in [0.05, 0.1) is 10.7 Å². The first kappa shape index (κ1) is 13.7. The maximum atomic E-state index is 4.44. The summed E-state index contributed by atoms with van der Waals surface area (Å²) in [5, 5.41) is 4.71. The van der Waals surface area contributed by atoms with Crippen LogP contribution in [-0.2, 0) is 6.54 Å². The van der Waals surface area contributed by atoms with Crippen LogP contribution in [0, 0.1) is 25.2 Å². The van der Waals surface area contributed by atoms with Gasteiger partial charge in [-0.25, -0.2) is 4.98 Å². The van der Waals surface area contributed by atoms with Gasteiger partial charge in [0.25, 0.3) is 0 Å². The van der Waals surface area contributed by atoms with E-state index in [4.69, 9.17) is 0 Å². The van der Waals surface area contributed by atoms with Crippen molar-refractivity contribution in [3.05, 3.63) is 15.6 Å². The second-order valence-corrected chi connectivity index (χ2v) is 6.78. The minimum Gasteiger partial charge on any atom is -0.311 e. The molecule has 0 unspecified atom stereocenters. The zero-order valence-corrected chi connectivity index (χ0v) is 12.2. The summed E-state index contributed by atoms with van der Waals surface area (Å²) in [5.41, 5.74) is 1.53. The molecule has 0 radical (unpaired) electrons. The van der Waals surface area contributed by atoms with Crippen molar-refractivity contribution < 1.29 is 0 Å². The van der Waals surface area contributed by atoms with Crippen molar-refractivity contribution >= 4 is 11.3 Å². The molecule has 0 fully saturated rings.